The zero-order valence-electron chi connectivity index (χ0n) is 10.7. The molecule has 0 radical (unpaired) electrons. The lowest BCUT2D eigenvalue weighted by molar-refractivity contribution is -0.127. The normalized spacial score (nSPS) is 24.8. The number of amides is 1. The fourth-order valence-electron chi connectivity index (χ4n) is 2.45. The molecule has 17 heavy (non-hydrogen) atoms. The molecular formula is C14H20N2O. The number of nitrogens with zero attached hydrogens (tertiary/aromatic N) is 1. The first kappa shape index (κ1) is 12.1. The van der Waals surface area contributed by atoms with Crippen LogP contribution in [0.5, 0.6) is 0 Å². The van der Waals surface area contributed by atoms with Gasteiger partial charge in [0, 0.05) is 19.5 Å². The van der Waals surface area contributed by atoms with Gasteiger partial charge in [0.2, 0.25) is 5.91 Å². The predicted octanol–water partition coefficient (Wildman–Crippen LogP) is 2.04. The van der Waals surface area contributed by atoms with Crippen molar-refractivity contribution >= 4 is 5.91 Å². The number of likely N-dealkylation sites (tertiary alicyclic amines) is 1. The van der Waals surface area contributed by atoms with Gasteiger partial charge in [-0.3, -0.25) is 4.79 Å². The van der Waals surface area contributed by atoms with E-state index in [1.807, 2.05) is 7.05 Å². The molecule has 92 valence electrons. The van der Waals surface area contributed by atoms with Crippen LogP contribution in [0.15, 0.2) is 24.3 Å². The van der Waals surface area contributed by atoms with Crippen LogP contribution in [0.2, 0.25) is 0 Å². The number of hydrogen-bond acceptors (Lipinski definition) is 2. The molecule has 0 spiro atoms. The van der Waals surface area contributed by atoms with Gasteiger partial charge in [-0.05, 0) is 17.0 Å². The number of likely N-dealkylation sites (N-methyl/N-ethyl adjacent to an activating group) is 1. The maximum absolute atomic E-state index is 11.6. The Morgan fingerprint density at radius 1 is 1.29 bits per heavy atom. The van der Waals surface area contributed by atoms with Gasteiger partial charge >= 0.3 is 0 Å². The van der Waals surface area contributed by atoms with Crippen molar-refractivity contribution in [3.05, 3.63) is 35.4 Å². The molecule has 2 atom stereocenters. The van der Waals surface area contributed by atoms with Crippen molar-refractivity contribution < 1.29 is 4.79 Å². The molecule has 0 saturated carbocycles. The van der Waals surface area contributed by atoms with Crippen molar-refractivity contribution in [1.82, 2.24) is 4.90 Å². The third-order valence-corrected chi connectivity index (χ3v) is 3.57. The summed E-state index contributed by atoms with van der Waals surface area (Å²) >= 11 is 0. The highest BCUT2D eigenvalue weighted by atomic mass is 16.2. The van der Waals surface area contributed by atoms with E-state index in [0.29, 0.717) is 12.3 Å². The van der Waals surface area contributed by atoms with Gasteiger partial charge in [0.05, 0.1) is 6.04 Å². The summed E-state index contributed by atoms with van der Waals surface area (Å²) in [5.74, 6) is 0.663. The first-order valence-corrected chi connectivity index (χ1v) is 6.12. The van der Waals surface area contributed by atoms with Crippen LogP contribution in [0.1, 0.15) is 43.4 Å². The number of nitrogens with two attached hydrogens (primary N) is 1. The highest BCUT2D eigenvalue weighted by Crippen LogP contribution is 2.31. The minimum Gasteiger partial charge on any atom is -0.337 e. The number of rotatable bonds is 2. The fraction of sp³-hybridized carbons (Fsp3) is 0.500. The number of hydrogen-bond donors (Lipinski definition) is 1. The highest BCUT2D eigenvalue weighted by Gasteiger charge is 2.35. The van der Waals surface area contributed by atoms with Gasteiger partial charge in [-0.15, -0.1) is 0 Å². The van der Waals surface area contributed by atoms with Gasteiger partial charge in [0.25, 0.3) is 0 Å². The topological polar surface area (TPSA) is 46.3 Å². The molecule has 1 amide bonds. The Bertz CT molecular complexity index is 411. The average Bonchev–Trinajstić information content (AvgIpc) is 2.53. The molecule has 2 unspecified atom stereocenters. The molecule has 2 rings (SSSR count). The fourth-order valence-corrected chi connectivity index (χ4v) is 2.45. The van der Waals surface area contributed by atoms with Crippen LogP contribution in [0, 0.1) is 0 Å². The van der Waals surface area contributed by atoms with E-state index >= 15 is 0 Å². The molecule has 1 saturated heterocycles. The maximum atomic E-state index is 11.6. The number of benzene rings is 1. The smallest absolute Gasteiger partial charge is 0.224 e. The molecule has 3 nitrogen and oxygen atoms in total. The Labute approximate surface area is 103 Å². The van der Waals surface area contributed by atoms with E-state index in [9.17, 15) is 4.79 Å². The summed E-state index contributed by atoms with van der Waals surface area (Å²) in [6.07, 6.45) is 0.451. The molecule has 0 aliphatic carbocycles. The van der Waals surface area contributed by atoms with E-state index in [-0.39, 0.29) is 18.0 Å². The summed E-state index contributed by atoms with van der Waals surface area (Å²) in [5.41, 5.74) is 8.48. The lowest BCUT2D eigenvalue weighted by atomic mass is 9.96. The van der Waals surface area contributed by atoms with Gasteiger partial charge < -0.3 is 10.6 Å². The molecule has 1 heterocycles. The summed E-state index contributed by atoms with van der Waals surface area (Å²) in [4.78, 5) is 13.3. The van der Waals surface area contributed by atoms with Gasteiger partial charge in [-0.1, -0.05) is 38.1 Å². The van der Waals surface area contributed by atoms with E-state index in [4.69, 9.17) is 5.73 Å². The van der Waals surface area contributed by atoms with Crippen molar-refractivity contribution in [1.29, 1.82) is 0 Å². The molecule has 0 bridgehead atoms. The summed E-state index contributed by atoms with van der Waals surface area (Å²) in [6.45, 7) is 4.35. The molecular weight excluding hydrogens is 212 g/mol. The summed E-state index contributed by atoms with van der Waals surface area (Å²) in [5, 5.41) is 0. The molecule has 3 heteroatoms. The standard InChI is InChI=1S/C14H20N2O/c1-9(2)10-4-6-11(7-5-10)14-12(15)8-13(17)16(14)3/h4-7,9,12,14H,8,15H2,1-3H3. The lowest BCUT2D eigenvalue weighted by Gasteiger charge is -2.23. The molecule has 1 aromatic carbocycles. The average molecular weight is 232 g/mol. The second-order valence-corrected chi connectivity index (χ2v) is 5.14. The Balaban J connectivity index is 2.25. The summed E-state index contributed by atoms with van der Waals surface area (Å²) in [6, 6.07) is 8.39. The predicted molar refractivity (Wildman–Crippen MR) is 68.6 cm³/mol. The second-order valence-electron chi connectivity index (χ2n) is 5.14. The maximum Gasteiger partial charge on any atom is 0.224 e. The van der Waals surface area contributed by atoms with Crippen LogP contribution in [0.25, 0.3) is 0 Å². The summed E-state index contributed by atoms with van der Waals surface area (Å²) < 4.78 is 0. The van der Waals surface area contributed by atoms with Crippen LogP contribution in [-0.4, -0.2) is 23.9 Å². The van der Waals surface area contributed by atoms with Crippen molar-refractivity contribution in [3.63, 3.8) is 0 Å². The molecule has 1 aromatic rings. The van der Waals surface area contributed by atoms with Crippen LogP contribution in [0.4, 0.5) is 0 Å². The van der Waals surface area contributed by atoms with E-state index in [1.165, 1.54) is 5.56 Å². The second kappa shape index (κ2) is 4.49. The lowest BCUT2D eigenvalue weighted by Crippen LogP contribution is -2.30. The SMILES string of the molecule is CC(C)c1ccc(C2C(N)CC(=O)N2C)cc1. The third kappa shape index (κ3) is 2.20. The van der Waals surface area contributed by atoms with Crippen LogP contribution in [0.3, 0.4) is 0 Å². The van der Waals surface area contributed by atoms with Gasteiger partial charge in [-0.2, -0.15) is 0 Å². The minimum absolute atomic E-state index is 0.0312. The number of carbonyl (C=O) groups excluding carboxylic acids is 1. The Kier molecular flexibility index (Phi) is 3.20. The minimum atomic E-state index is -0.0857. The van der Waals surface area contributed by atoms with Crippen molar-refractivity contribution in [2.45, 2.75) is 38.3 Å². The molecule has 2 N–H and O–H groups in total. The van der Waals surface area contributed by atoms with Gasteiger partial charge in [-0.25, -0.2) is 0 Å². The van der Waals surface area contributed by atoms with Crippen molar-refractivity contribution in [2.24, 2.45) is 5.73 Å². The Hall–Kier alpha value is -1.35. The van der Waals surface area contributed by atoms with Gasteiger partial charge in [0.15, 0.2) is 0 Å². The highest BCUT2D eigenvalue weighted by molar-refractivity contribution is 5.80. The molecule has 1 fully saturated rings. The monoisotopic (exact) mass is 232 g/mol. The summed E-state index contributed by atoms with van der Waals surface area (Å²) in [7, 11) is 1.83. The zero-order valence-corrected chi connectivity index (χ0v) is 10.7. The Morgan fingerprint density at radius 3 is 2.29 bits per heavy atom. The van der Waals surface area contributed by atoms with Crippen LogP contribution < -0.4 is 5.73 Å². The van der Waals surface area contributed by atoms with Gasteiger partial charge in [0.1, 0.15) is 0 Å². The van der Waals surface area contributed by atoms with E-state index in [0.717, 1.165) is 5.56 Å². The first-order chi connectivity index (χ1) is 8.00. The van der Waals surface area contributed by atoms with E-state index in [1.54, 1.807) is 4.90 Å². The van der Waals surface area contributed by atoms with Crippen LogP contribution in [-0.2, 0) is 4.79 Å². The van der Waals surface area contributed by atoms with E-state index < -0.39 is 0 Å². The Morgan fingerprint density at radius 2 is 1.88 bits per heavy atom. The molecule has 0 aromatic heterocycles. The largest absolute Gasteiger partial charge is 0.337 e. The third-order valence-electron chi connectivity index (χ3n) is 3.57. The molecule has 1 aliphatic rings. The zero-order chi connectivity index (χ0) is 12.6. The van der Waals surface area contributed by atoms with E-state index in [2.05, 4.69) is 38.1 Å². The van der Waals surface area contributed by atoms with Crippen molar-refractivity contribution in [3.8, 4) is 0 Å². The van der Waals surface area contributed by atoms with Crippen molar-refractivity contribution in [2.75, 3.05) is 7.05 Å². The molecule has 1 aliphatic heterocycles. The quantitative estimate of drug-likeness (QED) is 0.848. The number of carbonyl (C=O) groups is 1. The first-order valence-electron chi connectivity index (χ1n) is 6.12. The van der Waals surface area contributed by atoms with Crippen LogP contribution >= 0.6 is 0 Å².